The van der Waals surface area contributed by atoms with Crippen molar-refractivity contribution in [3.63, 3.8) is 0 Å². The second-order valence-electron chi connectivity index (χ2n) is 10.2. The van der Waals surface area contributed by atoms with E-state index in [0.717, 1.165) is 25.0 Å². The maximum atomic E-state index is 14.4. The second kappa shape index (κ2) is 10.1. The smallest absolute Gasteiger partial charge is 0.330 e. The van der Waals surface area contributed by atoms with Gasteiger partial charge >= 0.3 is 12.4 Å². The van der Waals surface area contributed by atoms with Crippen molar-refractivity contribution in [1.82, 2.24) is 9.88 Å². The van der Waals surface area contributed by atoms with Crippen LogP contribution in [0.15, 0.2) is 28.8 Å². The summed E-state index contributed by atoms with van der Waals surface area (Å²) >= 11 is 12.0. The maximum absolute atomic E-state index is 14.4. The van der Waals surface area contributed by atoms with Gasteiger partial charge in [-0.2, -0.15) is 30.9 Å². The molecule has 2 aliphatic carbocycles. The lowest BCUT2D eigenvalue weighted by atomic mass is 9.93. The van der Waals surface area contributed by atoms with E-state index in [-0.39, 0.29) is 28.5 Å². The largest absolute Gasteiger partial charge is 0.470 e. The van der Waals surface area contributed by atoms with Crippen LogP contribution in [0.1, 0.15) is 55.3 Å². The number of halogens is 8. The molecule has 0 saturated heterocycles. The number of hydrogen-bond acceptors (Lipinski definition) is 4. The molecule has 2 saturated carbocycles. The molecule has 1 aliphatic heterocycles. The predicted molar refractivity (Wildman–Crippen MR) is 128 cm³/mol. The van der Waals surface area contributed by atoms with Crippen molar-refractivity contribution in [3.8, 4) is 0 Å². The van der Waals surface area contributed by atoms with E-state index in [2.05, 4.69) is 10.1 Å². The van der Waals surface area contributed by atoms with Crippen molar-refractivity contribution in [1.29, 1.82) is 0 Å². The van der Waals surface area contributed by atoms with Crippen LogP contribution >= 0.6 is 23.2 Å². The van der Waals surface area contributed by atoms with E-state index >= 15 is 0 Å². The zero-order chi connectivity index (χ0) is 28.1. The molecule has 1 atom stereocenters. The molecular formula is C24H25Cl2F6N4O2+. The summed E-state index contributed by atoms with van der Waals surface area (Å²) in [6.07, 6.45) is -4.24. The molecule has 0 bridgehead atoms. The Morgan fingerprint density at radius 3 is 2.13 bits per heavy atom. The van der Waals surface area contributed by atoms with Crippen LogP contribution in [0.4, 0.5) is 26.3 Å². The number of rotatable bonds is 7. The fourth-order valence-electron chi connectivity index (χ4n) is 5.31. The molecule has 0 N–H and O–H groups in total. The van der Waals surface area contributed by atoms with Crippen molar-refractivity contribution < 1.29 is 40.5 Å². The minimum Gasteiger partial charge on any atom is -0.330 e. The molecule has 1 aromatic heterocycles. The van der Waals surface area contributed by atoms with Gasteiger partial charge in [-0.25, -0.2) is 0 Å². The fraction of sp³-hybridized carbons (Fsp3) is 0.583. The van der Waals surface area contributed by atoms with Gasteiger partial charge in [0.2, 0.25) is 0 Å². The third-order valence-corrected chi connectivity index (χ3v) is 8.19. The van der Waals surface area contributed by atoms with Crippen molar-refractivity contribution in [3.05, 3.63) is 39.3 Å². The van der Waals surface area contributed by atoms with Gasteiger partial charge in [-0.05, 0) is 25.7 Å². The molecule has 208 valence electrons. The third-order valence-electron chi connectivity index (χ3n) is 7.62. The molecule has 14 heteroatoms. The highest BCUT2D eigenvalue weighted by Crippen LogP contribution is 2.58. The van der Waals surface area contributed by atoms with Gasteiger partial charge in [0.05, 0.1) is 34.6 Å². The van der Waals surface area contributed by atoms with E-state index in [1.807, 2.05) is 0 Å². The normalized spacial score (nSPS) is 23.6. The summed E-state index contributed by atoms with van der Waals surface area (Å²) in [5.74, 6) is -2.29. The monoisotopic (exact) mass is 585 g/mol. The molecule has 2 fully saturated rings. The van der Waals surface area contributed by atoms with Crippen LogP contribution in [-0.4, -0.2) is 70.9 Å². The van der Waals surface area contributed by atoms with Gasteiger partial charge in [0.15, 0.2) is 5.78 Å². The van der Waals surface area contributed by atoms with E-state index < -0.39 is 64.5 Å². The highest BCUT2D eigenvalue weighted by molar-refractivity contribution is 6.39. The van der Waals surface area contributed by atoms with Crippen molar-refractivity contribution >= 4 is 41.1 Å². The summed E-state index contributed by atoms with van der Waals surface area (Å²) in [5.41, 5.74) is -4.72. The van der Waals surface area contributed by atoms with Crippen LogP contribution in [0.2, 0.25) is 10.0 Å². The second-order valence-corrected chi connectivity index (χ2v) is 11.0. The lowest BCUT2D eigenvalue weighted by Crippen LogP contribution is -2.51. The lowest BCUT2D eigenvalue weighted by molar-refractivity contribution is -0.911. The fourth-order valence-corrected chi connectivity index (χ4v) is 5.89. The number of nitrogens with zero attached hydrogens (tertiary/aromatic N) is 4. The molecular weight excluding hydrogens is 561 g/mol. The van der Waals surface area contributed by atoms with Crippen LogP contribution < -0.4 is 0 Å². The highest BCUT2D eigenvalue weighted by Gasteiger charge is 2.65. The quantitative estimate of drug-likeness (QED) is 0.213. The third kappa shape index (κ3) is 5.31. The van der Waals surface area contributed by atoms with Gasteiger partial charge in [0, 0.05) is 31.8 Å². The number of ketones is 1. The molecule has 4 rings (SSSR count). The Bertz CT molecular complexity index is 1170. The number of carbonyl (C=O) groups is 2. The van der Waals surface area contributed by atoms with E-state index in [0.29, 0.717) is 30.6 Å². The van der Waals surface area contributed by atoms with Gasteiger partial charge in [0.1, 0.15) is 17.8 Å². The summed E-state index contributed by atoms with van der Waals surface area (Å²) in [6, 6.07) is -0.545. The first-order valence-corrected chi connectivity index (χ1v) is 12.8. The van der Waals surface area contributed by atoms with Crippen molar-refractivity contribution in [2.24, 2.45) is 10.5 Å². The number of quaternary nitrogens is 1. The van der Waals surface area contributed by atoms with Gasteiger partial charge in [-0.3, -0.25) is 14.6 Å². The van der Waals surface area contributed by atoms with Crippen LogP contribution in [0.25, 0.3) is 0 Å². The minimum atomic E-state index is -5.00. The Hall–Kier alpha value is -2.18. The van der Waals surface area contributed by atoms with Crippen LogP contribution in [-0.2, 0) is 4.79 Å². The van der Waals surface area contributed by atoms with Crippen LogP contribution in [0.5, 0.6) is 0 Å². The first kappa shape index (κ1) is 28.8. The first-order chi connectivity index (χ1) is 17.6. The Morgan fingerprint density at radius 1 is 1.05 bits per heavy atom. The molecule has 0 spiro atoms. The maximum Gasteiger partial charge on any atom is 0.470 e. The number of carbonyl (C=O) groups excluding carboxylic acids is 2. The average molecular weight is 586 g/mol. The Labute approximate surface area is 224 Å². The molecule has 0 radical (unpaired) electrons. The standard InChI is InChI=1S/C24H25Cl2F6N4O2/c1-36(14-5-3-2-4-6-14)20(23(27,28)29)15(9-34-36)21(38)35(13-22(7-8-22)24(30,31)32)12-18(37)19-16(25)10-33-11-17(19)26/h9-11,14H,2-8,12-13H2,1H3/q+1. The summed E-state index contributed by atoms with van der Waals surface area (Å²) in [4.78, 5) is 30.9. The number of alkyl halides is 6. The molecule has 0 aromatic carbocycles. The topological polar surface area (TPSA) is 62.6 Å². The van der Waals surface area contributed by atoms with Crippen molar-refractivity contribution in [2.45, 2.75) is 63.3 Å². The number of amides is 1. The zero-order valence-electron chi connectivity index (χ0n) is 20.3. The van der Waals surface area contributed by atoms with Crippen molar-refractivity contribution in [2.75, 3.05) is 20.1 Å². The first-order valence-electron chi connectivity index (χ1n) is 12.0. The number of pyridine rings is 1. The van der Waals surface area contributed by atoms with Gasteiger partial charge in [-0.1, -0.05) is 34.7 Å². The number of aromatic nitrogens is 1. The van der Waals surface area contributed by atoms with Gasteiger partial charge in [0.25, 0.3) is 11.6 Å². The molecule has 38 heavy (non-hydrogen) atoms. The van der Waals surface area contributed by atoms with Gasteiger partial charge in [-0.15, -0.1) is 0 Å². The summed E-state index contributed by atoms with van der Waals surface area (Å²) < 4.78 is 83.9. The molecule has 6 nitrogen and oxygen atoms in total. The Balaban J connectivity index is 1.75. The predicted octanol–water partition coefficient (Wildman–Crippen LogP) is 6.34. The summed E-state index contributed by atoms with van der Waals surface area (Å²) in [6.45, 7) is -1.95. The molecule has 1 aromatic rings. The number of hydrogen-bond donors (Lipinski definition) is 0. The number of allylic oxidation sites excluding steroid dienone is 1. The number of Topliss-reactive ketones (excluding diaryl/α,β-unsaturated/α-hetero) is 1. The SMILES string of the molecule is C[N+]1(C2CCCCC2)N=CC(C(=O)N(CC(=O)c2c(Cl)cncc2Cl)CC2(C(F)(F)F)CC2)=C1C(F)(F)F. The minimum absolute atomic E-state index is 0.203. The lowest BCUT2D eigenvalue weighted by Gasteiger charge is -2.37. The molecule has 1 amide bonds. The molecule has 2 heterocycles. The van der Waals surface area contributed by atoms with Crippen LogP contribution in [0, 0.1) is 5.41 Å². The van der Waals surface area contributed by atoms with E-state index in [4.69, 9.17) is 23.2 Å². The zero-order valence-corrected chi connectivity index (χ0v) is 21.8. The Kier molecular flexibility index (Phi) is 7.65. The van der Waals surface area contributed by atoms with Gasteiger partial charge < -0.3 is 4.90 Å². The Morgan fingerprint density at radius 2 is 1.63 bits per heavy atom. The van der Waals surface area contributed by atoms with E-state index in [1.54, 1.807) is 0 Å². The summed E-state index contributed by atoms with van der Waals surface area (Å²) in [7, 11) is 1.25. The average Bonchev–Trinajstić information content (AvgIpc) is 3.52. The summed E-state index contributed by atoms with van der Waals surface area (Å²) in [5, 5.41) is 3.66. The van der Waals surface area contributed by atoms with E-state index in [9.17, 15) is 35.9 Å². The molecule has 3 aliphatic rings. The van der Waals surface area contributed by atoms with E-state index in [1.165, 1.54) is 7.05 Å². The van der Waals surface area contributed by atoms with Crippen LogP contribution in [0.3, 0.4) is 0 Å². The highest BCUT2D eigenvalue weighted by atomic mass is 35.5. The molecule has 1 unspecified atom stereocenters.